The Kier molecular flexibility index (Phi) is 4.97. The Bertz CT molecular complexity index is 1090. The minimum Gasteiger partial charge on any atom is -0.389 e. The lowest BCUT2D eigenvalue weighted by Crippen LogP contribution is -2.51. The zero-order chi connectivity index (χ0) is 21.6. The third-order valence-corrected chi connectivity index (χ3v) is 7.19. The molecule has 3 aromatic rings. The smallest absolute Gasteiger partial charge is 0.325 e. The van der Waals surface area contributed by atoms with Crippen LogP contribution >= 0.6 is 0 Å². The van der Waals surface area contributed by atoms with E-state index < -0.39 is 11.6 Å². The fraction of sp³-hybridized carbons (Fsp3) is 0.440. The number of amides is 3. The fourth-order valence-electron chi connectivity index (χ4n) is 5.52. The summed E-state index contributed by atoms with van der Waals surface area (Å²) in [6.07, 6.45) is 4.44. The quantitative estimate of drug-likeness (QED) is 0.613. The van der Waals surface area contributed by atoms with Crippen molar-refractivity contribution in [2.75, 3.05) is 6.54 Å². The van der Waals surface area contributed by atoms with Gasteiger partial charge in [0.2, 0.25) is 0 Å². The number of imide groups is 1. The van der Waals surface area contributed by atoms with Crippen molar-refractivity contribution in [1.82, 2.24) is 14.8 Å². The summed E-state index contributed by atoms with van der Waals surface area (Å²) >= 11 is 0. The van der Waals surface area contributed by atoms with Crippen molar-refractivity contribution < 1.29 is 14.7 Å². The highest BCUT2D eigenvalue weighted by Crippen LogP contribution is 2.36. The Morgan fingerprint density at radius 1 is 0.968 bits per heavy atom. The number of nitrogens with one attached hydrogen (secondary N) is 1. The first-order chi connectivity index (χ1) is 15.0. The van der Waals surface area contributed by atoms with Gasteiger partial charge in [-0.2, -0.15) is 0 Å². The van der Waals surface area contributed by atoms with Gasteiger partial charge in [-0.3, -0.25) is 9.69 Å². The van der Waals surface area contributed by atoms with Gasteiger partial charge in [0.25, 0.3) is 5.91 Å². The van der Waals surface area contributed by atoms with Crippen molar-refractivity contribution in [2.24, 2.45) is 5.92 Å². The fourth-order valence-corrected chi connectivity index (χ4v) is 5.52. The predicted molar refractivity (Wildman–Crippen MR) is 121 cm³/mol. The molecule has 0 bridgehead atoms. The van der Waals surface area contributed by atoms with Gasteiger partial charge in [0.1, 0.15) is 5.54 Å². The molecule has 2 heterocycles. The van der Waals surface area contributed by atoms with Crippen LogP contribution < -0.4 is 5.32 Å². The van der Waals surface area contributed by atoms with Gasteiger partial charge in [-0.05, 0) is 37.8 Å². The summed E-state index contributed by atoms with van der Waals surface area (Å²) in [5, 5.41) is 16.1. The normalized spacial score (nSPS) is 23.6. The van der Waals surface area contributed by atoms with Crippen LogP contribution in [0.2, 0.25) is 0 Å². The number of hydrogen-bond acceptors (Lipinski definition) is 3. The van der Waals surface area contributed by atoms with Crippen molar-refractivity contribution in [3.05, 3.63) is 48.5 Å². The van der Waals surface area contributed by atoms with Gasteiger partial charge in [0.05, 0.1) is 19.2 Å². The first kappa shape index (κ1) is 20.1. The molecule has 1 saturated carbocycles. The number of carbonyl (C=O) groups is 2. The average molecular weight is 420 g/mol. The van der Waals surface area contributed by atoms with Crippen molar-refractivity contribution in [3.8, 4) is 0 Å². The molecule has 1 aliphatic heterocycles. The molecule has 2 aliphatic rings. The SMILES string of the molecule is C[C@@]1(C2CCCCC2)NC(=O)N(C[C@H](O)Cn2c3ccccc3c3ccccc32)C1=O. The number of hydrogen-bond donors (Lipinski definition) is 2. The molecule has 31 heavy (non-hydrogen) atoms. The van der Waals surface area contributed by atoms with E-state index in [9.17, 15) is 14.7 Å². The van der Waals surface area contributed by atoms with Crippen molar-refractivity contribution in [2.45, 2.75) is 57.2 Å². The second-order valence-electron chi connectivity index (χ2n) is 9.18. The third kappa shape index (κ3) is 3.30. The molecule has 1 saturated heterocycles. The predicted octanol–water partition coefficient (Wildman–Crippen LogP) is 4.05. The molecule has 5 rings (SSSR count). The van der Waals surface area contributed by atoms with E-state index in [-0.39, 0.29) is 24.4 Å². The molecule has 3 amide bonds. The number of benzene rings is 2. The molecule has 0 radical (unpaired) electrons. The number of aliphatic hydroxyl groups excluding tert-OH is 1. The highest BCUT2D eigenvalue weighted by Gasteiger charge is 2.52. The topological polar surface area (TPSA) is 74.6 Å². The summed E-state index contributed by atoms with van der Waals surface area (Å²) in [7, 11) is 0. The van der Waals surface area contributed by atoms with Crippen molar-refractivity contribution in [3.63, 3.8) is 0 Å². The summed E-state index contributed by atoms with van der Waals surface area (Å²) in [5.41, 5.74) is 1.21. The molecular formula is C25H29N3O3. The van der Waals surface area contributed by atoms with E-state index in [1.807, 2.05) is 43.3 Å². The molecular weight excluding hydrogens is 390 g/mol. The van der Waals surface area contributed by atoms with Crippen LogP contribution in [0.5, 0.6) is 0 Å². The number of nitrogens with zero attached hydrogens (tertiary/aromatic N) is 2. The Hall–Kier alpha value is -2.86. The van der Waals surface area contributed by atoms with Crippen molar-refractivity contribution in [1.29, 1.82) is 0 Å². The summed E-state index contributed by atoms with van der Waals surface area (Å²) < 4.78 is 2.08. The van der Waals surface area contributed by atoms with E-state index >= 15 is 0 Å². The molecule has 0 unspecified atom stereocenters. The first-order valence-electron chi connectivity index (χ1n) is 11.3. The highest BCUT2D eigenvalue weighted by atomic mass is 16.3. The Labute approximate surface area is 181 Å². The second-order valence-corrected chi connectivity index (χ2v) is 9.18. The Balaban J connectivity index is 1.38. The van der Waals surface area contributed by atoms with E-state index in [0.717, 1.165) is 47.5 Å². The number of aromatic nitrogens is 1. The van der Waals surface area contributed by atoms with Crippen LogP contribution in [0.4, 0.5) is 4.79 Å². The molecule has 1 aromatic heterocycles. The van der Waals surface area contributed by atoms with Gasteiger partial charge in [0, 0.05) is 21.8 Å². The van der Waals surface area contributed by atoms with Gasteiger partial charge in [-0.15, -0.1) is 0 Å². The van der Waals surface area contributed by atoms with E-state index in [2.05, 4.69) is 22.0 Å². The number of urea groups is 1. The number of rotatable bonds is 5. The van der Waals surface area contributed by atoms with Crippen LogP contribution in [0, 0.1) is 5.92 Å². The molecule has 0 spiro atoms. The minimum absolute atomic E-state index is 0.00614. The molecule has 2 fully saturated rings. The second kappa shape index (κ2) is 7.68. The van der Waals surface area contributed by atoms with Crippen LogP contribution in [-0.2, 0) is 11.3 Å². The number of β-amino-alcohol motifs (C(OH)–C–C–N with tert-alkyl or cyclic N) is 1. The van der Waals surface area contributed by atoms with Crippen LogP contribution in [-0.4, -0.2) is 44.7 Å². The summed E-state index contributed by atoms with van der Waals surface area (Å²) in [4.78, 5) is 27.1. The molecule has 162 valence electrons. The molecule has 2 atom stereocenters. The largest absolute Gasteiger partial charge is 0.389 e. The Morgan fingerprint density at radius 2 is 1.55 bits per heavy atom. The minimum atomic E-state index is -0.859. The van der Waals surface area contributed by atoms with E-state index in [4.69, 9.17) is 0 Å². The summed E-state index contributed by atoms with van der Waals surface area (Å²) in [6, 6.07) is 15.8. The van der Waals surface area contributed by atoms with Crippen LogP contribution in [0.25, 0.3) is 21.8 Å². The standard InChI is InChI=1S/C25H29N3O3/c1-25(17-9-3-2-4-10-17)23(30)28(24(31)26-25)16-18(29)15-27-21-13-7-5-11-19(21)20-12-6-8-14-22(20)27/h5-8,11-14,17-18,29H,2-4,9-10,15-16H2,1H3,(H,26,31)/t18-,25+/m1/s1. The number of aliphatic hydroxyl groups is 1. The van der Waals surface area contributed by atoms with Gasteiger partial charge >= 0.3 is 6.03 Å². The third-order valence-electron chi connectivity index (χ3n) is 7.19. The molecule has 1 aliphatic carbocycles. The number of carbonyl (C=O) groups excluding carboxylic acids is 2. The monoisotopic (exact) mass is 419 g/mol. The highest BCUT2D eigenvalue weighted by molar-refractivity contribution is 6.08. The molecule has 6 nitrogen and oxygen atoms in total. The van der Waals surface area contributed by atoms with E-state index in [1.54, 1.807) is 0 Å². The van der Waals surface area contributed by atoms with Gasteiger partial charge in [0.15, 0.2) is 0 Å². The maximum Gasteiger partial charge on any atom is 0.325 e. The molecule has 2 aromatic carbocycles. The zero-order valence-corrected chi connectivity index (χ0v) is 17.9. The Morgan fingerprint density at radius 3 is 2.16 bits per heavy atom. The van der Waals surface area contributed by atoms with Gasteiger partial charge in [-0.1, -0.05) is 55.7 Å². The number of para-hydroxylation sites is 2. The molecule has 2 N–H and O–H groups in total. The first-order valence-corrected chi connectivity index (χ1v) is 11.3. The summed E-state index contributed by atoms with van der Waals surface area (Å²) in [6.45, 7) is 2.15. The van der Waals surface area contributed by atoms with Crippen LogP contribution in [0.3, 0.4) is 0 Å². The lowest BCUT2D eigenvalue weighted by atomic mass is 9.75. The van der Waals surface area contributed by atoms with Crippen molar-refractivity contribution >= 4 is 33.7 Å². The number of fused-ring (bicyclic) bond motifs is 3. The maximum absolute atomic E-state index is 13.2. The lowest BCUT2D eigenvalue weighted by Gasteiger charge is -2.34. The van der Waals surface area contributed by atoms with Gasteiger partial charge in [-0.25, -0.2) is 4.79 Å². The van der Waals surface area contributed by atoms with Gasteiger partial charge < -0.3 is 15.0 Å². The zero-order valence-electron chi connectivity index (χ0n) is 17.9. The maximum atomic E-state index is 13.2. The van der Waals surface area contributed by atoms with Crippen LogP contribution in [0.15, 0.2) is 48.5 Å². The van der Waals surface area contributed by atoms with E-state index in [1.165, 1.54) is 11.3 Å². The van der Waals surface area contributed by atoms with E-state index in [0.29, 0.717) is 6.54 Å². The summed E-state index contributed by atoms with van der Waals surface area (Å²) in [5.74, 6) is -0.0390. The van der Waals surface area contributed by atoms with Crippen LogP contribution in [0.1, 0.15) is 39.0 Å². The lowest BCUT2D eigenvalue weighted by molar-refractivity contribution is -0.134. The molecule has 6 heteroatoms. The average Bonchev–Trinajstić information content (AvgIpc) is 3.22.